The lowest BCUT2D eigenvalue weighted by molar-refractivity contribution is -0.197. The van der Waals surface area contributed by atoms with Crippen LogP contribution in [-0.2, 0) is 9.47 Å². The number of halogens is 2. The van der Waals surface area contributed by atoms with Gasteiger partial charge in [-0.25, -0.2) is 4.39 Å². The van der Waals surface area contributed by atoms with Crippen molar-refractivity contribution in [3.8, 4) is 0 Å². The normalized spacial score (nSPS) is 35.9. The molecule has 0 aromatic heterocycles. The van der Waals surface area contributed by atoms with Crippen molar-refractivity contribution in [2.24, 2.45) is 23.7 Å². The Morgan fingerprint density at radius 1 is 0.931 bits per heavy atom. The summed E-state index contributed by atoms with van der Waals surface area (Å²) in [7, 11) is 0. The van der Waals surface area contributed by atoms with E-state index in [-0.39, 0.29) is 18.4 Å². The topological polar surface area (TPSA) is 18.5 Å². The summed E-state index contributed by atoms with van der Waals surface area (Å²) in [6.07, 6.45) is 10.3. The number of alkyl halides is 1. The van der Waals surface area contributed by atoms with Gasteiger partial charge in [-0.1, -0.05) is 18.2 Å². The van der Waals surface area contributed by atoms with Gasteiger partial charge in [0.25, 0.3) is 0 Å². The molecule has 29 heavy (non-hydrogen) atoms. The van der Waals surface area contributed by atoms with Gasteiger partial charge in [0.2, 0.25) is 0 Å². The van der Waals surface area contributed by atoms with Crippen LogP contribution in [0.2, 0.25) is 0 Å². The predicted molar refractivity (Wildman–Crippen MR) is 111 cm³/mol. The van der Waals surface area contributed by atoms with E-state index < -0.39 is 6.29 Å². The van der Waals surface area contributed by atoms with Crippen LogP contribution in [0, 0.1) is 29.5 Å². The lowest BCUT2D eigenvalue weighted by atomic mass is 9.68. The molecular formula is C25H34F2O2. The van der Waals surface area contributed by atoms with E-state index in [1.807, 2.05) is 18.2 Å². The molecule has 2 aliphatic carbocycles. The van der Waals surface area contributed by atoms with Crippen LogP contribution in [0.15, 0.2) is 30.9 Å². The van der Waals surface area contributed by atoms with Gasteiger partial charge in [-0.2, -0.15) is 0 Å². The Balaban J connectivity index is 1.31. The van der Waals surface area contributed by atoms with Crippen LogP contribution in [0.5, 0.6) is 0 Å². The Kier molecular flexibility index (Phi) is 7.02. The Morgan fingerprint density at radius 3 is 2.10 bits per heavy atom. The molecular weight excluding hydrogens is 370 g/mol. The SMILES string of the molecule is C=CC1COC(c2ccc(C3CCC(C4CCC(CF)CC4)CC3)c(F)c2)OC1. The van der Waals surface area contributed by atoms with Gasteiger partial charge in [0.05, 0.1) is 19.9 Å². The lowest BCUT2D eigenvalue weighted by Crippen LogP contribution is -2.26. The minimum absolute atomic E-state index is 0.132. The van der Waals surface area contributed by atoms with Gasteiger partial charge >= 0.3 is 0 Å². The van der Waals surface area contributed by atoms with Crippen molar-refractivity contribution in [2.75, 3.05) is 19.9 Å². The van der Waals surface area contributed by atoms with Gasteiger partial charge in [0, 0.05) is 11.5 Å². The van der Waals surface area contributed by atoms with E-state index >= 15 is 0 Å². The molecule has 4 rings (SSSR count). The first-order valence-corrected chi connectivity index (χ1v) is 11.4. The maximum Gasteiger partial charge on any atom is 0.183 e. The zero-order chi connectivity index (χ0) is 20.2. The average molecular weight is 405 g/mol. The average Bonchev–Trinajstić information content (AvgIpc) is 2.79. The van der Waals surface area contributed by atoms with E-state index in [0.717, 1.165) is 48.6 Å². The standard InChI is InChI=1S/C25H34F2O2/c1-2-17-15-28-25(29-16-17)22-11-12-23(24(27)13-22)21-9-7-20(8-10-21)19-5-3-18(14-26)4-6-19/h2,11-13,17-21,25H,1,3-10,14-16H2. The molecule has 1 heterocycles. The van der Waals surface area contributed by atoms with Crippen molar-refractivity contribution in [3.63, 3.8) is 0 Å². The van der Waals surface area contributed by atoms with E-state index in [0.29, 0.717) is 25.0 Å². The van der Waals surface area contributed by atoms with E-state index in [1.54, 1.807) is 6.07 Å². The van der Waals surface area contributed by atoms with Gasteiger partial charge < -0.3 is 9.47 Å². The Labute approximate surface area is 173 Å². The molecule has 0 bridgehead atoms. The van der Waals surface area contributed by atoms with Crippen LogP contribution in [-0.4, -0.2) is 19.9 Å². The number of rotatable bonds is 5. The van der Waals surface area contributed by atoms with E-state index in [1.165, 1.54) is 25.7 Å². The van der Waals surface area contributed by atoms with Gasteiger partial charge in [-0.3, -0.25) is 4.39 Å². The summed E-state index contributed by atoms with van der Waals surface area (Å²) in [5, 5.41) is 0. The van der Waals surface area contributed by atoms with Crippen LogP contribution >= 0.6 is 0 Å². The highest BCUT2D eigenvalue weighted by Gasteiger charge is 2.32. The quantitative estimate of drug-likeness (QED) is 0.507. The zero-order valence-corrected chi connectivity index (χ0v) is 17.3. The fourth-order valence-electron chi connectivity index (χ4n) is 5.58. The molecule has 2 saturated carbocycles. The minimum Gasteiger partial charge on any atom is -0.348 e. The molecule has 4 heteroatoms. The molecule has 0 unspecified atom stereocenters. The number of hydrogen-bond donors (Lipinski definition) is 0. The van der Waals surface area contributed by atoms with E-state index in [4.69, 9.17) is 9.47 Å². The minimum atomic E-state index is -0.482. The maximum absolute atomic E-state index is 14.9. The van der Waals surface area contributed by atoms with Crippen molar-refractivity contribution >= 4 is 0 Å². The highest BCUT2D eigenvalue weighted by Crippen LogP contribution is 2.44. The van der Waals surface area contributed by atoms with Crippen LogP contribution in [0.4, 0.5) is 8.78 Å². The fourth-order valence-corrected chi connectivity index (χ4v) is 5.58. The summed E-state index contributed by atoms with van der Waals surface area (Å²) in [5.74, 6) is 2.18. The van der Waals surface area contributed by atoms with Crippen LogP contribution in [0.25, 0.3) is 0 Å². The highest BCUT2D eigenvalue weighted by molar-refractivity contribution is 5.28. The van der Waals surface area contributed by atoms with Crippen LogP contribution < -0.4 is 0 Å². The molecule has 0 radical (unpaired) electrons. The summed E-state index contributed by atoms with van der Waals surface area (Å²) < 4.78 is 39.2. The van der Waals surface area contributed by atoms with Crippen molar-refractivity contribution < 1.29 is 18.3 Å². The maximum atomic E-state index is 14.9. The summed E-state index contributed by atoms with van der Waals surface area (Å²) in [5.41, 5.74) is 1.60. The highest BCUT2D eigenvalue weighted by atomic mass is 19.1. The number of hydrogen-bond acceptors (Lipinski definition) is 2. The smallest absolute Gasteiger partial charge is 0.183 e. The summed E-state index contributed by atoms with van der Waals surface area (Å²) >= 11 is 0. The number of ether oxygens (including phenoxy) is 2. The second-order valence-corrected chi connectivity index (χ2v) is 9.32. The molecule has 1 saturated heterocycles. The molecule has 3 fully saturated rings. The predicted octanol–water partition coefficient (Wildman–Crippen LogP) is 6.72. The molecule has 0 spiro atoms. The summed E-state index contributed by atoms with van der Waals surface area (Å²) in [6, 6.07) is 5.49. The van der Waals surface area contributed by atoms with E-state index in [2.05, 4.69) is 6.58 Å². The zero-order valence-electron chi connectivity index (χ0n) is 17.3. The van der Waals surface area contributed by atoms with Crippen molar-refractivity contribution in [1.82, 2.24) is 0 Å². The third-order valence-electron chi connectivity index (χ3n) is 7.54. The lowest BCUT2D eigenvalue weighted by Gasteiger charge is -2.37. The third-order valence-corrected chi connectivity index (χ3v) is 7.54. The van der Waals surface area contributed by atoms with Crippen LogP contribution in [0.3, 0.4) is 0 Å². The van der Waals surface area contributed by atoms with E-state index in [9.17, 15) is 8.78 Å². The first-order valence-electron chi connectivity index (χ1n) is 11.4. The molecule has 1 aromatic rings. The van der Waals surface area contributed by atoms with Gasteiger partial charge in [-0.05, 0) is 86.7 Å². The number of benzene rings is 1. The first kappa shape index (κ1) is 21.0. The van der Waals surface area contributed by atoms with Crippen molar-refractivity contribution in [3.05, 3.63) is 47.8 Å². The fraction of sp³-hybridized carbons (Fsp3) is 0.680. The van der Waals surface area contributed by atoms with Crippen molar-refractivity contribution in [1.29, 1.82) is 0 Å². The molecule has 2 nitrogen and oxygen atoms in total. The second kappa shape index (κ2) is 9.70. The van der Waals surface area contributed by atoms with Crippen LogP contribution in [0.1, 0.15) is 74.7 Å². The Bertz CT molecular complexity index is 667. The molecule has 1 aliphatic heterocycles. The Hall–Kier alpha value is -1.26. The van der Waals surface area contributed by atoms with Gasteiger partial charge in [0.15, 0.2) is 6.29 Å². The van der Waals surface area contributed by atoms with Gasteiger partial charge in [0.1, 0.15) is 5.82 Å². The first-order chi connectivity index (χ1) is 14.2. The summed E-state index contributed by atoms with van der Waals surface area (Å²) in [6.45, 7) is 4.74. The largest absolute Gasteiger partial charge is 0.348 e. The molecule has 1 aromatic carbocycles. The molecule has 160 valence electrons. The summed E-state index contributed by atoms with van der Waals surface area (Å²) in [4.78, 5) is 0. The van der Waals surface area contributed by atoms with Crippen molar-refractivity contribution in [2.45, 2.75) is 63.6 Å². The Morgan fingerprint density at radius 2 is 1.55 bits per heavy atom. The second-order valence-electron chi connectivity index (χ2n) is 9.32. The molecule has 0 amide bonds. The van der Waals surface area contributed by atoms with Gasteiger partial charge in [-0.15, -0.1) is 6.58 Å². The third kappa shape index (κ3) is 4.91. The molecule has 3 aliphatic rings. The monoisotopic (exact) mass is 404 g/mol. The molecule has 0 atom stereocenters. The molecule has 0 N–H and O–H groups in total.